The van der Waals surface area contributed by atoms with E-state index in [1.54, 1.807) is 4.90 Å². The first-order chi connectivity index (χ1) is 13.4. The topological polar surface area (TPSA) is 45.7 Å². The molecule has 3 rings (SSSR count). The number of fused-ring (bicyclic) bond motifs is 1. The molecule has 1 heterocycles. The molecule has 0 radical (unpaired) electrons. The van der Waals surface area contributed by atoms with Gasteiger partial charge in [0.2, 0.25) is 0 Å². The van der Waals surface area contributed by atoms with Crippen molar-refractivity contribution in [1.82, 2.24) is 9.88 Å². The van der Waals surface area contributed by atoms with Crippen molar-refractivity contribution in [1.29, 1.82) is 0 Å². The van der Waals surface area contributed by atoms with Crippen molar-refractivity contribution in [2.45, 2.75) is 13.3 Å². The van der Waals surface area contributed by atoms with Crippen molar-refractivity contribution in [3.05, 3.63) is 53.1 Å². The number of aryl methyl sites for hydroxylation is 1. The van der Waals surface area contributed by atoms with Gasteiger partial charge in [-0.25, -0.2) is 4.98 Å². The molecule has 156 valence electrons. The van der Waals surface area contributed by atoms with Gasteiger partial charge in [-0.15, -0.1) is 12.4 Å². The second kappa shape index (κ2) is 10.8. The van der Waals surface area contributed by atoms with Crippen molar-refractivity contribution >= 4 is 56.6 Å². The molecule has 0 aliphatic carbocycles. The Morgan fingerprint density at radius 3 is 2.52 bits per heavy atom. The summed E-state index contributed by atoms with van der Waals surface area (Å²) in [6, 6.07) is 13.3. The van der Waals surface area contributed by atoms with Gasteiger partial charge in [0.15, 0.2) is 11.7 Å². The molecule has 0 atom stereocenters. The van der Waals surface area contributed by atoms with Crippen LogP contribution in [0.2, 0.25) is 5.02 Å². The smallest absolute Gasteiger partial charge is 0.266 e. The minimum absolute atomic E-state index is 0. The van der Waals surface area contributed by atoms with Crippen LogP contribution in [-0.2, 0) is 4.79 Å². The summed E-state index contributed by atoms with van der Waals surface area (Å²) in [6.45, 7) is 3.44. The summed E-state index contributed by atoms with van der Waals surface area (Å²) < 4.78 is 6.66. The van der Waals surface area contributed by atoms with Crippen LogP contribution < -0.4 is 9.64 Å². The number of carbonyl (C=O) groups is 1. The molecule has 0 saturated carbocycles. The first kappa shape index (κ1) is 23.4. The van der Waals surface area contributed by atoms with Gasteiger partial charge < -0.3 is 9.64 Å². The second-order valence-electron chi connectivity index (χ2n) is 6.89. The van der Waals surface area contributed by atoms with Crippen molar-refractivity contribution in [2.75, 3.05) is 38.7 Å². The van der Waals surface area contributed by atoms with Crippen LogP contribution >= 0.6 is 35.3 Å². The second-order valence-corrected chi connectivity index (χ2v) is 8.30. The molecule has 0 spiro atoms. The summed E-state index contributed by atoms with van der Waals surface area (Å²) in [4.78, 5) is 21.4. The summed E-state index contributed by atoms with van der Waals surface area (Å²) in [6.07, 6.45) is 0.840. The highest BCUT2D eigenvalue weighted by Crippen LogP contribution is 2.33. The van der Waals surface area contributed by atoms with E-state index in [9.17, 15) is 4.79 Å². The van der Waals surface area contributed by atoms with Crippen LogP contribution in [0.5, 0.6) is 5.75 Å². The molecule has 3 aromatic rings. The van der Waals surface area contributed by atoms with Gasteiger partial charge in [0.25, 0.3) is 5.91 Å². The molecule has 0 saturated heterocycles. The summed E-state index contributed by atoms with van der Waals surface area (Å²) in [5, 5.41) is 1.25. The Labute approximate surface area is 186 Å². The first-order valence-corrected chi connectivity index (χ1v) is 10.3. The quantitative estimate of drug-likeness (QED) is 0.478. The van der Waals surface area contributed by atoms with E-state index >= 15 is 0 Å². The monoisotopic (exact) mass is 453 g/mol. The zero-order chi connectivity index (χ0) is 20.1. The zero-order valence-corrected chi connectivity index (χ0v) is 19.1. The minimum Gasteiger partial charge on any atom is -0.484 e. The lowest BCUT2D eigenvalue weighted by Crippen LogP contribution is -2.36. The molecule has 0 N–H and O–H groups in total. The Balaban J connectivity index is 0.00000300. The van der Waals surface area contributed by atoms with Gasteiger partial charge in [-0.3, -0.25) is 9.69 Å². The van der Waals surface area contributed by atoms with E-state index in [2.05, 4.69) is 9.88 Å². The lowest BCUT2D eigenvalue weighted by atomic mass is 10.2. The van der Waals surface area contributed by atoms with Crippen LogP contribution in [0.25, 0.3) is 10.2 Å². The maximum atomic E-state index is 12.9. The number of hydrogen-bond acceptors (Lipinski definition) is 5. The Morgan fingerprint density at radius 1 is 1.14 bits per heavy atom. The van der Waals surface area contributed by atoms with E-state index < -0.39 is 0 Å². The number of benzene rings is 2. The molecule has 0 fully saturated rings. The molecule has 0 aliphatic rings. The maximum Gasteiger partial charge on any atom is 0.266 e. The number of nitrogens with zero attached hydrogens (tertiary/aromatic N) is 3. The predicted octanol–water partition coefficient (Wildman–Crippen LogP) is 5.04. The molecule has 5 nitrogen and oxygen atoms in total. The van der Waals surface area contributed by atoms with Crippen molar-refractivity contribution in [3.63, 3.8) is 0 Å². The van der Waals surface area contributed by atoms with E-state index in [-0.39, 0.29) is 24.9 Å². The van der Waals surface area contributed by atoms with E-state index in [1.165, 1.54) is 11.3 Å². The molecule has 1 amide bonds. The number of aromatic nitrogens is 1. The predicted molar refractivity (Wildman–Crippen MR) is 124 cm³/mol. The van der Waals surface area contributed by atoms with E-state index in [1.807, 2.05) is 63.5 Å². The van der Waals surface area contributed by atoms with E-state index in [4.69, 9.17) is 16.3 Å². The molecule has 8 heteroatoms. The summed E-state index contributed by atoms with van der Waals surface area (Å²) in [5.74, 6) is 0.564. The van der Waals surface area contributed by atoms with Crippen LogP contribution in [0.4, 0.5) is 5.13 Å². The number of ether oxygens (including phenoxy) is 1. The van der Waals surface area contributed by atoms with Gasteiger partial charge in [-0.1, -0.05) is 46.7 Å². The fourth-order valence-corrected chi connectivity index (χ4v) is 4.06. The third-order valence-corrected chi connectivity index (χ3v) is 5.61. The number of anilines is 1. The Hall–Kier alpha value is -1.86. The number of amides is 1. The zero-order valence-electron chi connectivity index (χ0n) is 16.7. The molecule has 29 heavy (non-hydrogen) atoms. The van der Waals surface area contributed by atoms with Gasteiger partial charge in [0.05, 0.1) is 9.72 Å². The lowest BCUT2D eigenvalue weighted by molar-refractivity contribution is -0.120. The average Bonchev–Trinajstić information content (AvgIpc) is 3.09. The Bertz CT molecular complexity index is 945. The Kier molecular flexibility index (Phi) is 8.71. The fourth-order valence-electron chi connectivity index (χ4n) is 2.75. The van der Waals surface area contributed by atoms with E-state index in [0.29, 0.717) is 22.4 Å². The molecular formula is C21H25Cl2N3O2S. The van der Waals surface area contributed by atoms with Crippen LogP contribution in [0.3, 0.4) is 0 Å². The molecule has 0 aliphatic heterocycles. The van der Waals surface area contributed by atoms with Gasteiger partial charge in [0.1, 0.15) is 11.3 Å². The fraction of sp³-hybridized carbons (Fsp3) is 0.333. The molecule has 2 aromatic carbocycles. The Morgan fingerprint density at radius 2 is 1.86 bits per heavy atom. The van der Waals surface area contributed by atoms with Crippen LogP contribution in [0.15, 0.2) is 42.5 Å². The highest BCUT2D eigenvalue weighted by molar-refractivity contribution is 7.22. The number of rotatable bonds is 8. The van der Waals surface area contributed by atoms with Crippen molar-refractivity contribution < 1.29 is 9.53 Å². The van der Waals surface area contributed by atoms with Crippen LogP contribution in [0.1, 0.15) is 12.0 Å². The van der Waals surface area contributed by atoms with Crippen molar-refractivity contribution in [3.8, 4) is 5.75 Å². The van der Waals surface area contributed by atoms with Gasteiger partial charge in [0, 0.05) is 6.54 Å². The average molecular weight is 454 g/mol. The SMILES string of the molecule is Cc1ccc(OCC(=O)N(CCCN(C)C)c2nc3c(Cl)cccc3s2)cc1.Cl. The van der Waals surface area contributed by atoms with Crippen LogP contribution in [-0.4, -0.2) is 49.6 Å². The first-order valence-electron chi connectivity index (χ1n) is 9.13. The summed E-state index contributed by atoms with van der Waals surface area (Å²) in [5.41, 5.74) is 1.88. The number of hydrogen-bond donors (Lipinski definition) is 0. The number of carbonyl (C=O) groups excluding carboxylic acids is 1. The lowest BCUT2D eigenvalue weighted by Gasteiger charge is -2.21. The summed E-state index contributed by atoms with van der Waals surface area (Å²) >= 11 is 7.73. The highest BCUT2D eigenvalue weighted by atomic mass is 35.5. The maximum absolute atomic E-state index is 12.9. The minimum atomic E-state index is -0.116. The highest BCUT2D eigenvalue weighted by Gasteiger charge is 2.21. The third kappa shape index (κ3) is 6.31. The van der Waals surface area contributed by atoms with Crippen LogP contribution in [0, 0.1) is 6.92 Å². The standard InChI is InChI=1S/C21H24ClN3O2S.ClH/c1-15-8-10-16(11-9-15)27-14-19(26)25(13-5-12-24(2)3)21-23-20-17(22)6-4-7-18(20)28-21;/h4,6-11H,5,12-14H2,1-3H3;1H. The molecule has 0 bridgehead atoms. The van der Waals surface area contributed by atoms with Gasteiger partial charge in [-0.2, -0.15) is 0 Å². The normalized spacial score (nSPS) is 10.8. The summed E-state index contributed by atoms with van der Waals surface area (Å²) in [7, 11) is 4.04. The number of halogens is 2. The van der Waals surface area contributed by atoms with Gasteiger partial charge >= 0.3 is 0 Å². The number of thiazole rings is 1. The third-order valence-electron chi connectivity index (χ3n) is 4.26. The molecule has 1 aromatic heterocycles. The number of para-hydroxylation sites is 1. The molecule has 0 unspecified atom stereocenters. The van der Waals surface area contributed by atoms with E-state index in [0.717, 1.165) is 28.7 Å². The molecular weight excluding hydrogens is 429 g/mol. The van der Waals surface area contributed by atoms with Crippen molar-refractivity contribution in [2.24, 2.45) is 0 Å². The van der Waals surface area contributed by atoms with Gasteiger partial charge in [-0.05, 0) is 58.3 Å². The largest absolute Gasteiger partial charge is 0.484 e.